The lowest BCUT2D eigenvalue weighted by Crippen LogP contribution is -2.64. The number of carbonyl (C=O) groups excluding carboxylic acids is 2. The highest BCUT2D eigenvalue weighted by Gasteiger charge is 2.59. The summed E-state index contributed by atoms with van der Waals surface area (Å²) in [6.07, 6.45) is 6.45. The third kappa shape index (κ3) is 2.75. The van der Waals surface area contributed by atoms with Crippen molar-refractivity contribution in [3.8, 4) is 0 Å². The van der Waals surface area contributed by atoms with Crippen LogP contribution in [0, 0.1) is 11.3 Å². The predicted octanol–water partition coefficient (Wildman–Crippen LogP) is 2.44. The van der Waals surface area contributed by atoms with Gasteiger partial charge in [0.2, 0.25) is 11.8 Å². The summed E-state index contributed by atoms with van der Waals surface area (Å²) in [6, 6.07) is 0.458. The molecule has 5 nitrogen and oxygen atoms in total. The highest BCUT2D eigenvalue weighted by atomic mass is 16.5. The van der Waals surface area contributed by atoms with Crippen molar-refractivity contribution in [2.45, 2.75) is 77.5 Å². The van der Waals surface area contributed by atoms with Crippen molar-refractivity contribution in [2.24, 2.45) is 11.3 Å². The Balaban J connectivity index is 1.67. The van der Waals surface area contributed by atoms with Gasteiger partial charge in [0.25, 0.3) is 0 Å². The molecular formula is C19H32N2O3. The van der Waals surface area contributed by atoms with Gasteiger partial charge in [-0.05, 0) is 40.0 Å². The summed E-state index contributed by atoms with van der Waals surface area (Å²) in [6.45, 7) is 7.41. The van der Waals surface area contributed by atoms with Gasteiger partial charge in [-0.2, -0.15) is 0 Å². The Labute approximate surface area is 145 Å². The fourth-order valence-electron chi connectivity index (χ4n) is 5.23. The second-order valence-electron chi connectivity index (χ2n) is 8.13. The number of nitrogens with zero attached hydrogens (tertiary/aromatic N) is 2. The highest BCUT2D eigenvalue weighted by Crippen LogP contribution is 2.56. The molecule has 1 aliphatic heterocycles. The number of carbonyl (C=O) groups is 2. The molecule has 3 aliphatic rings. The van der Waals surface area contributed by atoms with E-state index in [-0.39, 0.29) is 35.2 Å². The van der Waals surface area contributed by atoms with Crippen LogP contribution in [0.5, 0.6) is 0 Å². The van der Waals surface area contributed by atoms with Crippen LogP contribution in [0.4, 0.5) is 0 Å². The van der Waals surface area contributed by atoms with E-state index < -0.39 is 0 Å². The van der Waals surface area contributed by atoms with E-state index in [1.165, 1.54) is 25.7 Å². The van der Waals surface area contributed by atoms with Gasteiger partial charge < -0.3 is 14.5 Å². The van der Waals surface area contributed by atoms with Crippen molar-refractivity contribution in [1.82, 2.24) is 9.80 Å². The summed E-state index contributed by atoms with van der Waals surface area (Å²) >= 11 is 0. The third-order valence-electron chi connectivity index (χ3n) is 6.59. The average molecular weight is 336 g/mol. The first-order chi connectivity index (χ1) is 11.4. The van der Waals surface area contributed by atoms with Gasteiger partial charge in [-0.3, -0.25) is 9.59 Å². The van der Waals surface area contributed by atoms with E-state index >= 15 is 0 Å². The number of amides is 2. The van der Waals surface area contributed by atoms with Crippen LogP contribution in [-0.2, 0) is 14.3 Å². The van der Waals surface area contributed by atoms with Crippen LogP contribution in [-0.4, -0.2) is 60.0 Å². The Morgan fingerprint density at radius 2 is 2.04 bits per heavy atom. The van der Waals surface area contributed by atoms with Gasteiger partial charge in [-0.15, -0.1) is 0 Å². The van der Waals surface area contributed by atoms with E-state index in [1.807, 2.05) is 30.7 Å². The maximum Gasteiger partial charge on any atom is 0.228 e. The molecule has 3 atom stereocenters. The average Bonchev–Trinajstić information content (AvgIpc) is 3.18. The fraction of sp³-hybridized carbons (Fsp3) is 0.895. The van der Waals surface area contributed by atoms with Gasteiger partial charge in [-0.1, -0.05) is 12.8 Å². The molecule has 1 spiro atoms. The Morgan fingerprint density at radius 3 is 2.58 bits per heavy atom. The van der Waals surface area contributed by atoms with Gasteiger partial charge in [0.05, 0.1) is 12.0 Å². The van der Waals surface area contributed by atoms with Crippen LogP contribution in [0.1, 0.15) is 59.3 Å². The lowest BCUT2D eigenvalue weighted by Gasteiger charge is -2.57. The van der Waals surface area contributed by atoms with Crippen molar-refractivity contribution in [3.05, 3.63) is 0 Å². The maximum absolute atomic E-state index is 13.0. The summed E-state index contributed by atoms with van der Waals surface area (Å²) < 4.78 is 5.97. The van der Waals surface area contributed by atoms with Crippen LogP contribution in [0.3, 0.4) is 0 Å². The van der Waals surface area contributed by atoms with E-state index in [1.54, 1.807) is 0 Å². The van der Waals surface area contributed by atoms with Crippen molar-refractivity contribution in [1.29, 1.82) is 0 Å². The van der Waals surface area contributed by atoms with Crippen LogP contribution >= 0.6 is 0 Å². The Bertz CT molecular complexity index is 499. The van der Waals surface area contributed by atoms with Crippen LogP contribution in [0.25, 0.3) is 0 Å². The molecule has 1 heterocycles. The molecule has 5 heteroatoms. The van der Waals surface area contributed by atoms with Gasteiger partial charge in [0.1, 0.15) is 0 Å². The molecule has 1 saturated heterocycles. The number of ether oxygens (including phenoxy) is 1. The SMILES string of the molecule is CCO[C@@H]1C[C@@H](N(C)C(=O)[C@H]2CC(=O)N(C(C)C)C2)C12CCCC2. The molecule has 136 valence electrons. The minimum absolute atomic E-state index is 0.119. The lowest BCUT2D eigenvalue weighted by molar-refractivity contribution is -0.174. The van der Waals surface area contributed by atoms with E-state index in [0.717, 1.165) is 13.0 Å². The molecule has 3 rings (SSSR count). The molecule has 0 unspecified atom stereocenters. The van der Waals surface area contributed by atoms with Crippen LogP contribution in [0.15, 0.2) is 0 Å². The smallest absolute Gasteiger partial charge is 0.228 e. The van der Waals surface area contributed by atoms with Crippen molar-refractivity contribution < 1.29 is 14.3 Å². The summed E-state index contributed by atoms with van der Waals surface area (Å²) in [7, 11) is 1.94. The summed E-state index contributed by atoms with van der Waals surface area (Å²) in [5, 5.41) is 0. The van der Waals surface area contributed by atoms with Gasteiger partial charge in [0, 0.05) is 44.1 Å². The second kappa shape index (κ2) is 6.66. The number of likely N-dealkylation sites (tertiary alicyclic amines) is 1. The minimum Gasteiger partial charge on any atom is -0.378 e. The summed E-state index contributed by atoms with van der Waals surface area (Å²) in [4.78, 5) is 28.9. The predicted molar refractivity (Wildman–Crippen MR) is 92.4 cm³/mol. The molecule has 0 aromatic carbocycles. The first kappa shape index (κ1) is 17.7. The van der Waals surface area contributed by atoms with E-state index in [2.05, 4.69) is 6.92 Å². The van der Waals surface area contributed by atoms with Gasteiger partial charge in [-0.25, -0.2) is 0 Å². The number of rotatable bonds is 5. The molecule has 0 aromatic rings. The number of hydrogen-bond donors (Lipinski definition) is 0. The van der Waals surface area contributed by atoms with Crippen LogP contribution < -0.4 is 0 Å². The normalized spacial score (nSPS) is 31.8. The van der Waals surface area contributed by atoms with Gasteiger partial charge in [0.15, 0.2) is 0 Å². The third-order valence-corrected chi connectivity index (χ3v) is 6.59. The van der Waals surface area contributed by atoms with E-state index in [4.69, 9.17) is 4.74 Å². The minimum atomic E-state index is -0.172. The van der Waals surface area contributed by atoms with Gasteiger partial charge >= 0.3 is 0 Å². The molecule has 0 aromatic heterocycles. The van der Waals surface area contributed by atoms with Crippen LogP contribution in [0.2, 0.25) is 0 Å². The highest BCUT2D eigenvalue weighted by molar-refractivity contribution is 5.89. The molecule has 3 fully saturated rings. The van der Waals surface area contributed by atoms with E-state index in [9.17, 15) is 9.59 Å². The summed E-state index contributed by atoms with van der Waals surface area (Å²) in [5.41, 5.74) is 0.167. The molecule has 2 saturated carbocycles. The monoisotopic (exact) mass is 336 g/mol. The van der Waals surface area contributed by atoms with Crippen molar-refractivity contribution in [3.63, 3.8) is 0 Å². The molecule has 0 bridgehead atoms. The van der Waals surface area contributed by atoms with Crippen molar-refractivity contribution >= 4 is 11.8 Å². The molecule has 2 aliphatic carbocycles. The Hall–Kier alpha value is -1.10. The standard InChI is InChI=1S/C19H32N2O3/c1-5-24-16-11-15(19(16)8-6-7-9-19)20(4)18(23)14-10-17(22)21(12-14)13(2)3/h13-16H,5-12H2,1-4H3/t14-,15+,16+/m0/s1. The lowest BCUT2D eigenvalue weighted by atomic mass is 9.60. The molecule has 24 heavy (non-hydrogen) atoms. The zero-order valence-corrected chi connectivity index (χ0v) is 15.6. The molecule has 0 N–H and O–H groups in total. The zero-order valence-electron chi connectivity index (χ0n) is 15.6. The van der Waals surface area contributed by atoms with Crippen molar-refractivity contribution in [2.75, 3.05) is 20.2 Å². The first-order valence-electron chi connectivity index (χ1n) is 9.58. The molecule has 2 amide bonds. The number of hydrogen-bond acceptors (Lipinski definition) is 3. The van der Waals surface area contributed by atoms with E-state index in [0.29, 0.717) is 19.1 Å². The molecule has 0 radical (unpaired) electrons. The maximum atomic E-state index is 13.0. The fourth-order valence-corrected chi connectivity index (χ4v) is 5.23. The topological polar surface area (TPSA) is 49.9 Å². The second-order valence-corrected chi connectivity index (χ2v) is 8.13. The molecular weight excluding hydrogens is 304 g/mol. The Morgan fingerprint density at radius 1 is 1.38 bits per heavy atom. The summed E-state index contributed by atoms with van der Waals surface area (Å²) in [5.74, 6) is 0.0975. The quantitative estimate of drug-likeness (QED) is 0.775. The first-order valence-corrected chi connectivity index (χ1v) is 9.58. The zero-order chi connectivity index (χ0) is 17.5. The largest absolute Gasteiger partial charge is 0.378 e. The Kier molecular flexibility index (Phi) is 4.92.